The zero-order valence-electron chi connectivity index (χ0n) is 8.55. The van der Waals surface area contributed by atoms with E-state index >= 15 is 0 Å². The summed E-state index contributed by atoms with van der Waals surface area (Å²) in [5.74, 6) is 2.69. The zero-order chi connectivity index (χ0) is 9.68. The Bertz CT molecular complexity index is 258. The van der Waals surface area contributed by atoms with Crippen LogP contribution in [-0.2, 0) is 6.42 Å². The molecule has 1 aromatic rings. The molecule has 1 nitrogen and oxygen atoms in total. The third-order valence-corrected chi connectivity index (χ3v) is 2.08. The van der Waals surface area contributed by atoms with Crippen molar-refractivity contribution in [1.29, 1.82) is 0 Å². The van der Waals surface area contributed by atoms with Crippen LogP contribution in [0, 0.1) is 0 Å². The first-order chi connectivity index (χ1) is 6.24. The van der Waals surface area contributed by atoms with E-state index in [2.05, 4.69) is 32.6 Å². The van der Waals surface area contributed by atoms with Crippen LogP contribution in [0.5, 0.6) is 0 Å². The number of furan rings is 1. The van der Waals surface area contributed by atoms with E-state index in [1.165, 1.54) is 0 Å². The highest BCUT2D eigenvalue weighted by Gasteiger charge is 2.04. The van der Waals surface area contributed by atoms with Gasteiger partial charge < -0.3 is 4.42 Å². The first-order valence-electron chi connectivity index (χ1n) is 4.93. The van der Waals surface area contributed by atoms with Crippen LogP contribution < -0.4 is 0 Å². The van der Waals surface area contributed by atoms with Crippen molar-refractivity contribution in [2.45, 2.75) is 39.0 Å². The van der Waals surface area contributed by atoms with Crippen molar-refractivity contribution in [3.8, 4) is 0 Å². The molecule has 1 rings (SSSR count). The molecular formula is C12H18O. The van der Waals surface area contributed by atoms with Crippen molar-refractivity contribution in [2.75, 3.05) is 0 Å². The van der Waals surface area contributed by atoms with Gasteiger partial charge in [-0.2, -0.15) is 0 Å². The monoisotopic (exact) mass is 178 g/mol. The molecule has 0 N–H and O–H groups in total. The van der Waals surface area contributed by atoms with Gasteiger partial charge in [0.2, 0.25) is 0 Å². The van der Waals surface area contributed by atoms with E-state index in [4.69, 9.17) is 4.42 Å². The summed E-state index contributed by atoms with van der Waals surface area (Å²) in [6, 6.07) is 4.16. The summed E-state index contributed by atoms with van der Waals surface area (Å²) in [6.45, 7) is 7.99. The fraction of sp³-hybridized carbons (Fsp3) is 0.500. The smallest absolute Gasteiger partial charge is 0.106 e. The van der Waals surface area contributed by atoms with Crippen LogP contribution in [-0.4, -0.2) is 0 Å². The standard InChI is InChI=1S/C12H18O/c1-4-5-6-7-11-8-9-12(13-11)10(2)3/h4,8-10H,1,5-7H2,2-3H3. The molecule has 0 aliphatic heterocycles. The van der Waals surface area contributed by atoms with Gasteiger partial charge in [-0.05, 0) is 25.0 Å². The molecule has 0 radical (unpaired) electrons. The minimum Gasteiger partial charge on any atom is -0.466 e. The first kappa shape index (κ1) is 10.1. The summed E-state index contributed by atoms with van der Waals surface area (Å²) >= 11 is 0. The van der Waals surface area contributed by atoms with Gasteiger partial charge in [0.15, 0.2) is 0 Å². The molecule has 1 aromatic heterocycles. The minimum absolute atomic E-state index is 0.494. The van der Waals surface area contributed by atoms with E-state index in [1.807, 2.05) is 6.08 Å². The lowest BCUT2D eigenvalue weighted by Crippen LogP contribution is -1.83. The van der Waals surface area contributed by atoms with Crippen LogP contribution in [0.4, 0.5) is 0 Å². The number of rotatable bonds is 5. The van der Waals surface area contributed by atoms with Crippen LogP contribution in [0.25, 0.3) is 0 Å². The van der Waals surface area contributed by atoms with E-state index in [-0.39, 0.29) is 0 Å². The maximum Gasteiger partial charge on any atom is 0.106 e. The van der Waals surface area contributed by atoms with Crippen molar-refractivity contribution in [2.24, 2.45) is 0 Å². The molecule has 0 saturated carbocycles. The van der Waals surface area contributed by atoms with Crippen molar-refractivity contribution in [3.05, 3.63) is 36.3 Å². The highest BCUT2D eigenvalue weighted by molar-refractivity contribution is 5.10. The molecule has 0 aliphatic carbocycles. The number of aryl methyl sites for hydroxylation is 1. The van der Waals surface area contributed by atoms with Gasteiger partial charge in [-0.25, -0.2) is 0 Å². The maximum atomic E-state index is 5.66. The predicted octanol–water partition coefficient (Wildman–Crippen LogP) is 3.91. The van der Waals surface area contributed by atoms with Crippen molar-refractivity contribution in [1.82, 2.24) is 0 Å². The Kier molecular flexibility index (Phi) is 3.81. The van der Waals surface area contributed by atoms with Crippen LogP contribution in [0.15, 0.2) is 29.2 Å². The van der Waals surface area contributed by atoms with Gasteiger partial charge in [-0.1, -0.05) is 19.9 Å². The fourth-order valence-electron chi connectivity index (χ4n) is 1.26. The normalized spacial score (nSPS) is 10.7. The average molecular weight is 178 g/mol. The van der Waals surface area contributed by atoms with Gasteiger partial charge in [0.25, 0.3) is 0 Å². The number of hydrogen-bond acceptors (Lipinski definition) is 1. The van der Waals surface area contributed by atoms with Gasteiger partial charge >= 0.3 is 0 Å². The van der Waals surface area contributed by atoms with Gasteiger partial charge in [-0.15, -0.1) is 6.58 Å². The average Bonchev–Trinajstić information content (AvgIpc) is 2.53. The van der Waals surface area contributed by atoms with Crippen LogP contribution in [0.1, 0.15) is 44.1 Å². The summed E-state index contributed by atoms with van der Waals surface area (Å²) in [5, 5.41) is 0. The predicted molar refractivity (Wildman–Crippen MR) is 55.9 cm³/mol. The Hall–Kier alpha value is -0.980. The van der Waals surface area contributed by atoms with Crippen molar-refractivity contribution < 1.29 is 4.42 Å². The van der Waals surface area contributed by atoms with Crippen LogP contribution in [0.3, 0.4) is 0 Å². The summed E-state index contributed by atoms with van der Waals surface area (Å²) in [6.07, 6.45) is 5.18. The SMILES string of the molecule is C=CCCCc1ccc(C(C)C)o1. The molecule has 0 spiro atoms. The molecule has 72 valence electrons. The second-order valence-electron chi connectivity index (χ2n) is 3.64. The van der Waals surface area contributed by atoms with Crippen LogP contribution >= 0.6 is 0 Å². The maximum absolute atomic E-state index is 5.66. The summed E-state index contributed by atoms with van der Waals surface area (Å²) in [4.78, 5) is 0. The Morgan fingerprint density at radius 1 is 1.46 bits per heavy atom. The van der Waals surface area contributed by atoms with Gasteiger partial charge in [0.05, 0.1) is 0 Å². The van der Waals surface area contributed by atoms with E-state index in [0.29, 0.717) is 5.92 Å². The lowest BCUT2D eigenvalue weighted by atomic mass is 10.2. The zero-order valence-corrected chi connectivity index (χ0v) is 8.55. The lowest BCUT2D eigenvalue weighted by molar-refractivity contribution is 0.443. The van der Waals surface area contributed by atoms with E-state index in [1.54, 1.807) is 0 Å². The molecule has 1 heteroatoms. The van der Waals surface area contributed by atoms with Crippen molar-refractivity contribution >= 4 is 0 Å². The third-order valence-electron chi connectivity index (χ3n) is 2.08. The summed E-state index contributed by atoms with van der Waals surface area (Å²) in [5.41, 5.74) is 0. The first-order valence-corrected chi connectivity index (χ1v) is 4.93. The Morgan fingerprint density at radius 3 is 2.77 bits per heavy atom. The molecular weight excluding hydrogens is 160 g/mol. The van der Waals surface area contributed by atoms with Crippen LogP contribution in [0.2, 0.25) is 0 Å². The number of hydrogen-bond donors (Lipinski definition) is 0. The molecule has 13 heavy (non-hydrogen) atoms. The van der Waals surface area contributed by atoms with Crippen molar-refractivity contribution in [3.63, 3.8) is 0 Å². The molecule has 0 atom stereocenters. The van der Waals surface area contributed by atoms with E-state index in [9.17, 15) is 0 Å². The topological polar surface area (TPSA) is 13.1 Å². The molecule has 0 fully saturated rings. The fourth-order valence-corrected chi connectivity index (χ4v) is 1.26. The Labute approximate surface area is 80.5 Å². The lowest BCUT2D eigenvalue weighted by Gasteiger charge is -1.98. The molecule has 0 amide bonds. The highest BCUT2D eigenvalue weighted by Crippen LogP contribution is 2.18. The molecule has 0 aromatic carbocycles. The molecule has 0 aliphatic rings. The molecule has 0 bridgehead atoms. The molecule has 1 heterocycles. The van der Waals surface area contributed by atoms with Gasteiger partial charge in [0.1, 0.15) is 11.5 Å². The largest absolute Gasteiger partial charge is 0.466 e. The Balaban J connectivity index is 2.44. The van der Waals surface area contributed by atoms with E-state index < -0.39 is 0 Å². The summed E-state index contributed by atoms with van der Waals surface area (Å²) < 4.78 is 5.66. The third kappa shape index (κ3) is 3.10. The second-order valence-corrected chi connectivity index (χ2v) is 3.64. The molecule has 0 unspecified atom stereocenters. The van der Waals surface area contributed by atoms with Gasteiger partial charge in [0, 0.05) is 12.3 Å². The highest BCUT2D eigenvalue weighted by atomic mass is 16.3. The second kappa shape index (κ2) is 4.90. The molecule has 0 saturated heterocycles. The minimum atomic E-state index is 0.494. The van der Waals surface area contributed by atoms with Gasteiger partial charge in [-0.3, -0.25) is 0 Å². The number of allylic oxidation sites excluding steroid dienone is 1. The number of unbranched alkanes of at least 4 members (excludes halogenated alkanes) is 1. The summed E-state index contributed by atoms with van der Waals surface area (Å²) in [7, 11) is 0. The quantitative estimate of drug-likeness (QED) is 0.492. The Morgan fingerprint density at radius 2 is 2.23 bits per heavy atom. The van der Waals surface area contributed by atoms with E-state index in [0.717, 1.165) is 30.8 Å².